The lowest BCUT2D eigenvalue weighted by atomic mass is 9.96. The number of para-hydroxylation sites is 1. The molecular formula is C29H27ClN4O3. The van der Waals surface area contributed by atoms with Gasteiger partial charge < -0.3 is 24.7 Å². The molecule has 0 aliphatic carbocycles. The zero-order valence-electron chi connectivity index (χ0n) is 20.5. The van der Waals surface area contributed by atoms with Crippen LogP contribution in [-0.4, -0.2) is 36.3 Å². The zero-order valence-corrected chi connectivity index (χ0v) is 21.2. The van der Waals surface area contributed by atoms with Gasteiger partial charge in [-0.2, -0.15) is 0 Å². The lowest BCUT2D eigenvalue weighted by Gasteiger charge is -2.29. The molecule has 2 aliphatic rings. The molecule has 37 heavy (non-hydrogen) atoms. The van der Waals surface area contributed by atoms with Crippen molar-refractivity contribution >= 4 is 23.0 Å². The first-order chi connectivity index (χ1) is 18.0. The van der Waals surface area contributed by atoms with Gasteiger partial charge in [0.25, 0.3) is 0 Å². The van der Waals surface area contributed by atoms with Crippen LogP contribution in [0.5, 0.6) is 11.5 Å². The van der Waals surface area contributed by atoms with Crippen molar-refractivity contribution in [2.45, 2.75) is 19.4 Å². The summed E-state index contributed by atoms with van der Waals surface area (Å²) in [4.78, 5) is 22.2. The first-order valence-corrected chi connectivity index (χ1v) is 12.8. The topological polar surface area (TPSA) is 79.5 Å². The second-order valence-corrected chi connectivity index (χ2v) is 9.81. The fraction of sp³-hybridized carbons (Fsp3) is 0.241. The van der Waals surface area contributed by atoms with Gasteiger partial charge in [-0.3, -0.25) is 9.78 Å². The van der Waals surface area contributed by atoms with Crippen LogP contribution < -0.4 is 20.5 Å². The number of hydrogen-bond acceptors (Lipinski definition) is 6. The summed E-state index contributed by atoms with van der Waals surface area (Å²) in [5.74, 6) is 1.59. The Morgan fingerprint density at radius 2 is 1.92 bits per heavy atom. The van der Waals surface area contributed by atoms with E-state index in [4.69, 9.17) is 21.1 Å². The number of ether oxygens (including phenoxy) is 2. The average molecular weight is 515 g/mol. The van der Waals surface area contributed by atoms with Crippen molar-refractivity contribution in [1.29, 1.82) is 0 Å². The standard InChI is InChI=1S/C29H27ClN4O3/c1-18(25-15-21(30)7-8-31-25)32-22-5-6-27-20(14-22)13-19-3-2-4-24(29(19)37-27)26-16-23(17-28(35)33-26)34-9-11-36-12-10-34/h2-8,14-18,32H,9-13H2,1H3,(H,33,35). The van der Waals surface area contributed by atoms with E-state index in [1.54, 1.807) is 18.3 Å². The summed E-state index contributed by atoms with van der Waals surface area (Å²) in [6.07, 6.45) is 2.44. The maximum Gasteiger partial charge on any atom is 0.250 e. The third-order valence-corrected chi connectivity index (χ3v) is 7.05. The predicted molar refractivity (Wildman–Crippen MR) is 146 cm³/mol. The van der Waals surface area contributed by atoms with Gasteiger partial charge in [-0.05, 0) is 55.0 Å². The zero-order chi connectivity index (χ0) is 25.4. The number of aromatic nitrogens is 2. The van der Waals surface area contributed by atoms with Crippen molar-refractivity contribution < 1.29 is 9.47 Å². The summed E-state index contributed by atoms with van der Waals surface area (Å²) in [6.45, 7) is 4.91. The highest BCUT2D eigenvalue weighted by Gasteiger charge is 2.22. The quantitative estimate of drug-likeness (QED) is 0.309. The second kappa shape index (κ2) is 9.92. The van der Waals surface area contributed by atoms with Gasteiger partial charge >= 0.3 is 0 Å². The fourth-order valence-corrected chi connectivity index (χ4v) is 5.11. The molecule has 0 amide bonds. The van der Waals surface area contributed by atoms with E-state index in [0.717, 1.165) is 70.5 Å². The molecule has 2 N–H and O–H groups in total. The van der Waals surface area contributed by atoms with Crippen LogP contribution in [0.25, 0.3) is 11.3 Å². The number of H-pyrrole nitrogens is 1. The van der Waals surface area contributed by atoms with Crippen molar-refractivity contribution in [3.05, 3.63) is 99.1 Å². The minimum absolute atomic E-state index is 0.00397. The molecular weight excluding hydrogens is 488 g/mol. The van der Waals surface area contributed by atoms with Crippen LogP contribution in [0.3, 0.4) is 0 Å². The van der Waals surface area contributed by atoms with Crippen LogP contribution in [0.4, 0.5) is 11.4 Å². The van der Waals surface area contributed by atoms with E-state index in [2.05, 4.69) is 39.2 Å². The Morgan fingerprint density at radius 3 is 2.76 bits per heavy atom. The SMILES string of the molecule is CC(Nc1ccc2c(c1)Cc1cccc(-c3cc(N4CCOCC4)cc(=O)[nH]3)c1O2)c1cc(Cl)ccn1. The molecule has 0 radical (unpaired) electrons. The van der Waals surface area contributed by atoms with Crippen LogP contribution in [0.2, 0.25) is 5.02 Å². The molecule has 0 saturated carbocycles. The van der Waals surface area contributed by atoms with Crippen LogP contribution in [0.15, 0.2) is 71.7 Å². The third-order valence-electron chi connectivity index (χ3n) is 6.82. The minimum atomic E-state index is -0.133. The normalized spacial score (nSPS) is 15.4. The summed E-state index contributed by atoms with van der Waals surface area (Å²) in [7, 11) is 0. The van der Waals surface area contributed by atoms with E-state index in [-0.39, 0.29) is 11.6 Å². The van der Waals surface area contributed by atoms with E-state index in [0.29, 0.717) is 18.2 Å². The lowest BCUT2D eigenvalue weighted by molar-refractivity contribution is 0.122. The van der Waals surface area contributed by atoms with Gasteiger partial charge in [0.15, 0.2) is 0 Å². The maximum absolute atomic E-state index is 12.6. The molecule has 4 heterocycles. The van der Waals surface area contributed by atoms with Crippen LogP contribution in [0.1, 0.15) is 29.8 Å². The van der Waals surface area contributed by atoms with Gasteiger partial charge in [-0.25, -0.2) is 0 Å². The van der Waals surface area contributed by atoms with E-state index < -0.39 is 0 Å². The number of aromatic amines is 1. The number of hydrogen-bond donors (Lipinski definition) is 2. The van der Waals surface area contributed by atoms with Crippen LogP contribution in [-0.2, 0) is 11.2 Å². The summed E-state index contributed by atoms with van der Waals surface area (Å²) in [5.41, 5.74) is 6.42. The molecule has 0 bridgehead atoms. The molecule has 188 valence electrons. The number of nitrogens with one attached hydrogen (secondary N) is 2. The van der Waals surface area contributed by atoms with Crippen LogP contribution in [0, 0.1) is 0 Å². The number of rotatable bonds is 5. The highest BCUT2D eigenvalue weighted by Crippen LogP contribution is 2.43. The fourth-order valence-electron chi connectivity index (χ4n) is 4.94. The Labute approximate surface area is 220 Å². The largest absolute Gasteiger partial charge is 0.456 e. The predicted octanol–water partition coefficient (Wildman–Crippen LogP) is 5.80. The molecule has 2 aromatic heterocycles. The number of pyridine rings is 2. The maximum atomic E-state index is 12.6. The van der Waals surface area contributed by atoms with Gasteiger partial charge in [0.05, 0.1) is 30.6 Å². The molecule has 1 fully saturated rings. The van der Waals surface area contributed by atoms with Crippen molar-refractivity contribution in [2.75, 3.05) is 36.5 Å². The van der Waals surface area contributed by atoms with Gasteiger partial charge in [0, 0.05) is 59.3 Å². The van der Waals surface area contributed by atoms with E-state index in [1.807, 2.05) is 36.4 Å². The Hall–Kier alpha value is -3.81. The van der Waals surface area contributed by atoms with E-state index >= 15 is 0 Å². The molecule has 2 aromatic carbocycles. The molecule has 8 heteroatoms. The summed E-state index contributed by atoms with van der Waals surface area (Å²) < 4.78 is 11.9. The molecule has 1 saturated heterocycles. The van der Waals surface area contributed by atoms with Gasteiger partial charge in [0.1, 0.15) is 11.5 Å². The number of morpholine rings is 1. The molecule has 6 rings (SSSR count). The summed E-state index contributed by atoms with van der Waals surface area (Å²) >= 11 is 6.14. The van der Waals surface area contributed by atoms with E-state index in [9.17, 15) is 4.79 Å². The summed E-state index contributed by atoms with van der Waals surface area (Å²) in [5, 5.41) is 4.18. The number of nitrogens with zero attached hydrogens (tertiary/aromatic N) is 2. The van der Waals surface area contributed by atoms with E-state index in [1.165, 1.54) is 0 Å². The van der Waals surface area contributed by atoms with Crippen molar-refractivity contribution in [3.63, 3.8) is 0 Å². The molecule has 4 aromatic rings. The van der Waals surface area contributed by atoms with Crippen molar-refractivity contribution in [2.24, 2.45) is 0 Å². The highest BCUT2D eigenvalue weighted by atomic mass is 35.5. The number of halogens is 1. The first kappa shape index (κ1) is 23.6. The second-order valence-electron chi connectivity index (χ2n) is 9.38. The molecule has 7 nitrogen and oxygen atoms in total. The molecule has 2 aliphatic heterocycles. The van der Waals surface area contributed by atoms with Crippen molar-refractivity contribution in [3.8, 4) is 22.8 Å². The van der Waals surface area contributed by atoms with Gasteiger partial charge in [0.2, 0.25) is 5.56 Å². The van der Waals surface area contributed by atoms with Gasteiger partial charge in [-0.15, -0.1) is 0 Å². The smallest absolute Gasteiger partial charge is 0.250 e. The number of anilines is 2. The highest BCUT2D eigenvalue weighted by molar-refractivity contribution is 6.30. The monoisotopic (exact) mass is 514 g/mol. The van der Waals surface area contributed by atoms with Gasteiger partial charge in [-0.1, -0.05) is 23.7 Å². The molecule has 0 spiro atoms. The molecule has 1 unspecified atom stereocenters. The Bertz CT molecular complexity index is 1510. The average Bonchev–Trinajstić information content (AvgIpc) is 2.91. The minimum Gasteiger partial charge on any atom is -0.456 e. The third kappa shape index (κ3) is 4.92. The van der Waals surface area contributed by atoms with Crippen LogP contribution >= 0.6 is 11.6 Å². The Kier molecular flexibility index (Phi) is 6.32. The summed E-state index contributed by atoms with van der Waals surface area (Å²) in [6, 6.07) is 19.5. The number of benzene rings is 2. The molecule has 1 atom stereocenters. The number of fused-ring (bicyclic) bond motifs is 2. The first-order valence-electron chi connectivity index (χ1n) is 12.4. The Balaban J connectivity index is 1.27. The lowest BCUT2D eigenvalue weighted by Crippen LogP contribution is -2.36. The Morgan fingerprint density at radius 1 is 1.05 bits per heavy atom. The van der Waals surface area contributed by atoms with Crippen molar-refractivity contribution in [1.82, 2.24) is 9.97 Å².